The zero-order valence-corrected chi connectivity index (χ0v) is 18.6. The SMILES string of the molecule is C=CCOc1ccc(C2C=C(c3cc(CC)ccc3N)CCN2C(=O)OC(C)C)cc1. The van der Waals surface area contributed by atoms with E-state index in [9.17, 15) is 4.79 Å². The molecule has 31 heavy (non-hydrogen) atoms. The fraction of sp³-hybridized carbons (Fsp3) is 0.346. The first-order valence-corrected chi connectivity index (χ1v) is 10.8. The molecule has 1 heterocycles. The lowest BCUT2D eigenvalue weighted by atomic mass is 9.90. The van der Waals surface area contributed by atoms with Crippen LogP contribution in [0.4, 0.5) is 10.5 Å². The normalized spacial score (nSPS) is 16.1. The molecule has 5 heteroatoms. The molecule has 0 saturated heterocycles. The van der Waals surface area contributed by atoms with E-state index in [1.54, 1.807) is 11.0 Å². The summed E-state index contributed by atoms with van der Waals surface area (Å²) >= 11 is 0. The van der Waals surface area contributed by atoms with Gasteiger partial charge in [0.2, 0.25) is 0 Å². The molecule has 0 saturated carbocycles. The van der Waals surface area contributed by atoms with Crippen molar-refractivity contribution in [1.29, 1.82) is 0 Å². The third-order valence-electron chi connectivity index (χ3n) is 5.35. The van der Waals surface area contributed by atoms with E-state index in [4.69, 9.17) is 15.2 Å². The van der Waals surface area contributed by atoms with E-state index in [1.807, 2.05) is 44.2 Å². The van der Waals surface area contributed by atoms with Gasteiger partial charge in [0.25, 0.3) is 0 Å². The van der Waals surface area contributed by atoms with E-state index >= 15 is 0 Å². The van der Waals surface area contributed by atoms with Crippen molar-refractivity contribution in [3.8, 4) is 5.75 Å². The second kappa shape index (κ2) is 10.2. The molecule has 1 amide bonds. The minimum atomic E-state index is -0.308. The number of nitrogens with two attached hydrogens (primary N) is 1. The summed E-state index contributed by atoms with van der Waals surface area (Å²) in [4.78, 5) is 14.6. The van der Waals surface area contributed by atoms with Crippen molar-refractivity contribution in [2.24, 2.45) is 0 Å². The second-order valence-electron chi connectivity index (χ2n) is 7.96. The summed E-state index contributed by atoms with van der Waals surface area (Å²) < 4.78 is 11.1. The summed E-state index contributed by atoms with van der Waals surface area (Å²) in [7, 11) is 0. The fourth-order valence-corrected chi connectivity index (χ4v) is 3.74. The van der Waals surface area contributed by atoms with Crippen LogP contribution < -0.4 is 10.5 Å². The number of carbonyl (C=O) groups is 1. The van der Waals surface area contributed by atoms with Crippen molar-refractivity contribution < 1.29 is 14.3 Å². The van der Waals surface area contributed by atoms with Gasteiger partial charge >= 0.3 is 6.09 Å². The maximum atomic E-state index is 12.8. The summed E-state index contributed by atoms with van der Waals surface area (Å²) in [6.45, 7) is 10.5. The molecule has 0 radical (unpaired) electrons. The Balaban J connectivity index is 1.98. The number of nitrogens with zero attached hydrogens (tertiary/aromatic N) is 1. The number of carbonyl (C=O) groups excluding carboxylic acids is 1. The highest BCUT2D eigenvalue weighted by Gasteiger charge is 2.30. The van der Waals surface area contributed by atoms with E-state index in [0.29, 0.717) is 13.2 Å². The summed E-state index contributed by atoms with van der Waals surface area (Å²) in [5, 5.41) is 0. The van der Waals surface area contributed by atoms with Crippen LogP contribution in [0.3, 0.4) is 0 Å². The van der Waals surface area contributed by atoms with Crippen molar-refractivity contribution in [2.45, 2.75) is 45.8 Å². The quantitative estimate of drug-likeness (QED) is 0.456. The van der Waals surface area contributed by atoms with E-state index in [0.717, 1.165) is 41.0 Å². The Morgan fingerprint density at radius 3 is 2.65 bits per heavy atom. The molecule has 0 spiro atoms. The predicted molar refractivity (Wildman–Crippen MR) is 126 cm³/mol. The molecule has 0 aliphatic carbocycles. The Morgan fingerprint density at radius 1 is 1.26 bits per heavy atom. The molecule has 164 valence electrons. The van der Waals surface area contributed by atoms with Crippen LogP contribution in [-0.2, 0) is 11.2 Å². The molecule has 1 aliphatic heterocycles. The van der Waals surface area contributed by atoms with Crippen molar-refractivity contribution in [3.05, 3.63) is 77.9 Å². The minimum Gasteiger partial charge on any atom is -0.490 e. The zero-order chi connectivity index (χ0) is 22.4. The largest absolute Gasteiger partial charge is 0.490 e. The molecule has 1 unspecified atom stereocenters. The smallest absolute Gasteiger partial charge is 0.410 e. The van der Waals surface area contributed by atoms with E-state index in [2.05, 4.69) is 31.7 Å². The summed E-state index contributed by atoms with van der Waals surface area (Å²) in [6.07, 6.45) is 5.03. The minimum absolute atomic E-state index is 0.176. The Kier molecular flexibility index (Phi) is 7.40. The zero-order valence-electron chi connectivity index (χ0n) is 18.6. The monoisotopic (exact) mass is 420 g/mol. The van der Waals surface area contributed by atoms with Gasteiger partial charge in [-0.2, -0.15) is 0 Å². The predicted octanol–water partition coefficient (Wildman–Crippen LogP) is 5.77. The molecule has 0 fully saturated rings. The van der Waals surface area contributed by atoms with Crippen molar-refractivity contribution in [1.82, 2.24) is 4.90 Å². The second-order valence-corrected chi connectivity index (χ2v) is 7.96. The van der Waals surface area contributed by atoms with Crippen LogP contribution in [0.25, 0.3) is 5.57 Å². The number of aryl methyl sites for hydroxylation is 1. The third-order valence-corrected chi connectivity index (χ3v) is 5.35. The van der Waals surface area contributed by atoms with Gasteiger partial charge in [-0.05, 0) is 67.7 Å². The number of rotatable bonds is 7. The standard InChI is InChI=1S/C26H32N2O3/c1-5-15-30-22-10-8-20(9-11-22)25-17-21(13-14-28(25)26(29)31-18(3)4)23-16-19(6-2)7-12-24(23)27/h5,7-12,16-18,25H,1,6,13-15,27H2,2-4H3. The van der Waals surface area contributed by atoms with Gasteiger partial charge in [-0.3, -0.25) is 4.90 Å². The molecule has 5 nitrogen and oxygen atoms in total. The molecule has 2 aromatic rings. The summed E-state index contributed by atoms with van der Waals surface area (Å²) in [5.74, 6) is 0.764. The molecule has 2 aromatic carbocycles. The summed E-state index contributed by atoms with van der Waals surface area (Å²) in [6, 6.07) is 13.8. The van der Waals surface area contributed by atoms with Crippen molar-refractivity contribution >= 4 is 17.4 Å². The van der Waals surface area contributed by atoms with Crippen LogP contribution in [0.15, 0.2) is 61.2 Å². The van der Waals surface area contributed by atoms with Crippen LogP contribution >= 0.6 is 0 Å². The van der Waals surface area contributed by atoms with Gasteiger partial charge in [0, 0.05) is 17.8 Å². The highest BCUT2D eigenvalue weighted by molar-refractivity contribution is 5.79. The van der Waals surface area contributed by atoms with Gasteiger partial charge in [-0.15, -0.1) is 0 Å². The highest BCUT2D eigenvalue weighted by Crippen LogP contribution is 2.37. The molecule has 0 bridgehead atoms. The first-order valence-electron chi connectivity index (χ1n) is 10.8. The van der Waals surface area contributed by atoms with Gasteiger partial charge in [-0.25, -0.2) is 4.79 Å². The number of ether oxygens (including phenoxy) is 2. The van der Waals surface area contributed by atoms with Gasteiger partial charge in [0.05, 0.1) is 12.1 Å². The van der Waals surface area contributed by atoms with Crippen molar-refractivity contribution in [2.75, 3.05) is 18.9 Å². The number of hydrogen-bond donors (Lipinski definition) is 1. The molecular weight excluding hydrogens is 388 g/mol. The van der Waals surface area contributed by atoms with Gasteiger partial charge in [0.15, 0.2) is 0 Å². The van der Waals surface area contributed by atoms with E-state index in [-0.39, 0.29) is 18.2 Å². The average molecular weight is 421 g/mol. The molecule has 2 N–H and O–H groups in total. The number of anilines is 1. The Morgan fingerprint density at radius 2 is 2.00 bits per heavy atom. The lowest BCUT2D eigenvalue weighted by Gasteiger charge is -2.35. The van der Waals surface area contributed by atoms with Crippen LogP contribution in [0, 0.1) is 0 Å². The average Bonchev–Trinajstić information content (AvgIpc) is 2.77. The first kappa shape index (κ1) is 22.5. The lowest BCUT2D eigenvalue weighted by molar-refractivity contribution is 0.0684. The highest BCUT2D eigenvalue weighted by atomic mass is 16.6. The van der Waals surface area contributed by atoms with Crippen LogP contribution in [-0.4, -0.2) is 30.2 Å². The molecular formula is C26H32N2O3. The van der Waals surface area contributed by atoms with Crippen LogP contribution in [0.1, 0.15) is 49.9 Å². The summed E-state index contributed by atoms with van der Waals surface area (Å²) in [5.41, 5.74) is 11.5. The third kappa shape index (κ3) is 5.48. The van der Waals surface area contributed by atoms with E-state index in [1.165, 1.54) is 5.56 Å². The van der Waals surface area contributed by atoms with Crippen LogP contribution in [0.5, 0.6) is 5.75 Å². The van der Waals surface area contributed by atoms with E-state index < -0.39 is 0 Å². The first-order chi connectivity index (χ1) is 14.9. The Labute approximate surface area is 185 Å². The van der Waals surface area contributed by atoms with Gasteiger partial charge < -0.3 is 15.2 Å². The number of amides is 1. The van der Waals surface area contributed by atoms with Crippen molar-refractivity contribution in [3.63, 3.8) is 0 Å². The Hall–Kier alpha value is -3.21. The fourth-order valence-electron chi connectivity index (χ4n) is 3.74. The molecule has 1 aliphatic rings. The van der Waals surface area contributed by atoms with Gasteiger partial charge in [0.1, 0.15) is 12.4 Å². The number of benzene rings is 2. The number of hydrogen-bond acceptors (Lipinski definition) is 4. The Bertz CT molecular complexity index is 948. The maximum Gasteiger partial charge on any atom is 0.410 e. The van der Waals surface area contributed by atoms with Gasteiger partial charge in [-0.1, -0.05) is 43.9 Å². The molecule has 0 aromatic heterocycles. The topological polar surface area (TPSA) is 64.8 Å². The maximum absolute atomic E-state index is 12.8. The number of nitrogen functional groups attached to an aromatic ring is 1. The van der Waals surface area contributed by atoms with Crippen LogP contribution in [0.2, 0.25) is 0 Å². The lowest BCUT2D eigenvalue weighted by Crippen LogP contribution is -2.38. The molecule has 3 rings (SSSR count). The molecule has 1 atom stereocenters.